The van der Waals surface area contributed by atoms with E-state index in [9.17, 15) is 4.79 Å². The molecular formula is C4H8AlO3. The molecule has 45 valence electrons. The Morgan fingerprint density at radius 1 is 1.88 bits per heavy atom. The summed E-state index contributed by atoms with van der Waals surface area (Å²) in [5, 5.41) is 8.12. The summed E-state index contributed by atoms with van der Waals surface area (Å²) in [6.07, 6.45) is 1.50. The highest BCUT2D eigenvalue weighted by Gasteiger charge is 1.81. The highest BCUT2D eigenvalue weighted by atomic mass is 27.0. The maximum Gasteiger partial charge on any atom is 0.289 e. The molecule has 0 unspecified atom stereocenters. The molecule has 0 amide bonds. The Hall–Kier alpha value is -0.328. The largest absolute Gasteiger partial charge is 0.482 e. The van der Waals surface area contributed by atoms with Gasteiger partial charge >= 0.3 is 0 Å². The maximum absolute atomic E-state index is 9.40. The van der Waals surface area contributed by atoms with Crippen LogP contribution in [0.1, 0.15) is 6.92 Å². The Labute approximate surface area is 56.1 Å². The van der Waals surface area contributed by atoms with Crippen molar-refractivity contribution in [2.75, 3.05) is 0 Å². The molecule has 0 fully saturated rings. The van der Waals surface area contributed by atoms with Crippen LogP contribution < -0.4 is 0 Å². The van der Waals surface area contributed by atoms with E-state index in [4.69, 9.17) is 9.90 Å². The van der Waals surface area contributed by atoms with Crippen molar-refractivity contribution in [1.29, 1.82) is 0 Å². The van der Waals surface area contributed by atoms with Gasteiger partial charge in [0, 0.05) is 6.92 Å². The molecule has 0 heterocycles. The van der Waals surface area contributed by atoms with Crippen molar-refractivity contribution >= 4 is 28.5 Å². The van der Waals surface area contributed by atoms with Crippen LogP contribution >= 0.6 is 0 Å². The molecular weight excluding hydrogens is 123 g/mol. The van der Waals surface area contributed by atoms with E-state index in [0.717, 1.165) is 16.3 Å². The Bertz CT molecular complexity index is 71.7. The minimum atomic E-state index is -0.684. The molecule has 1 radical (unpaired) electrons. The van der Waals surface area contributed by atoms with Crippen molar-refractivity contribution in [2.24, 2.45) is 0 Å². The average molecular weight is 131 g/mol. The second-order valence-corrected chi connectivity index (χ2v) is 1.66. The lowest BCUT2D eigenvalue weighted by molar-refractivity contribution is -0.134. The van der Waals surface area contributed by atoms with Crippen molar-refractivity contribution < 1.29 is 14.7 Å². The van der Waals surface area contributed by atoms with Gasteiger partial charge in [-0.25, -0.2) is 0 Å². The van der Waals surface area contributed by atoms with Gasteiger partial charge in [0.1, 0.15) is 0 Å². The fraction of sp³-hybridized carbons (Fsp3) is 0.500. The molecule has 0 aromatic rings. The third-order valence-corrected chi connectivity index (χ3v) is 0.907. The second-order valence-electron chi connectivity index (χ2n) is 0.951. The summed E-state index contributed by atoms with van der Waals surface area (Å²) in [5.74, 6) is -0.684. The summed E-state index contributed by atoms with van der Waals surface area (Å²) in [6.45, 7) is 1.32. The van der Waals surface area contributed by atoms with Crippen molar-refractivity contribution in [2.45, 2.75) is 12.2 Å². The summed E-state index contributed by atoms with van der Waals surface area (Å²) in [4.78, 5) is 18.1. The molecule has 1 N–H and O–H groups in total. The van der Waals surface area contributed by atoms with E-state index in [-0.39, 0.29) is 0 Å². The summed E-state index contributed by atoms with van der Waals surface area (Å²) in [6, 6.07) is 0. The summed E-state index contributed by atoms with van der Waals surface area (Å²) in [7, 11) is 0. The lowest BCUT2D eigenvalue weighted by Crippen LogP contribution is -1.89. The molecule has 0 aromatic heterocycles. The van der Waals surface area contributed by atoms with Crippen LogP contribution in [-0.2, 0) is 9.59 Å². The fourth-order valence-corrected chi connectivity index (χ4v) is 0. The zero-order valence-electron chi connectivity index (χ0n) is 4.97. The lowest BCUT2D eigenvalue weighted by Gasteiger charge is -1.71. The molecule has 3 nitrogen and oxygen atoms in total. The minimum Gasteiger partial charge on any atom is -0.482 e. The van der Waals surface area contributed by atoms with Crippen LogP contribution in [0.5, 0.6) is 0 Å². The van der Waals surface area contributed by atoms with Gasteiger partial charge in [-0.3, -0.25) is 9.59 Å². The summed E-state index contributed by atoms with van der Waals surface area (Å²) < 4.78 is 0. The van der Waals surface area contributed by atoms with E-state index in [1.54, 1.807) is 0 Å². The van der Waals surface area contributed by atoms with Gasteiger partial charge in [-0.05, 0) is 5.28 Å². The van der Waals surface area contributed by atoms with Crippen molar-refractivity contribution in [1.82, 2.24) is 0 Å². The van der Waals surface area contributed by atoms with E-state index in [1.807, 2.05) is 0 Å². The van der Waals surface area contributed by atoms with Gasteiger partial charge in [-0.15, -0.1) is 0 Å². The summed E-state index contributed by atoms with van der Waals surface area (Å²) >= 11 is 0.774. The molecule has 0 aromatic carbocycles. The number of carboxylic acid groups (broad SMARTS) is 1. The molecule has 0 aliphatic rings. The van der Waals surface area contributed by atoms with Crippen LogP contribution in [0.3, 0.4) is 0 Å². The highest BCUT2D eigenvalue weighted by Crippen LogP contribution is 1.63. The second kappa shape index (κ2) is 9.83. The average Bonchev–Trinajstić information content (AvgIpc) is 1.69. The highest BCUT2D eigenvalue weighted by molar-refractivity contribution is 6.18. The van der Waals surface area contributed by atoms with Crippen molar-refractivity contribution in [3.8, 4) is 0 Å². The lowest BCUT2D eigenvalue weighted by atomic mass is 10.8. The first-order valence-electron chi connectivity index (χ1n) is 2.19. The molecule has 0 saturated heterocycles. The van der Waals surface area contributed by atoms with Gasteiger partial charge in [0.15, 0.2) is 6.29 Å². The van der Waals surface area contributed by atoms with E-state index >= 15 is 0 Å². The van der Waals surface area contributed by atoms with Gasteiger partial charge in [0.2, 0.25) is 16.3 Å². The fourth-order valence-electron chi connectivity index (χ4n) is 0. The Morgan fingerprint density at radius 2 is 2.00 bits per heavy atom. The van der Waals surface area contributed by atoms with Gasteiger partial charge in [0.05, 0.1) is 0 Å². The monoisotopic (exact) mass is 131 g/mol. The van der Waals surface area contributed by atoms with Gasteiger partial charge in [0.25, 0.3) is 5.97 Å². The molecule has 0 atom stereocenters. The predicted molar refractivity (Wildman–Crippen MR) is 32.4 cm³/mol. The number of carbonyl (C=O) groups is 1. The third-order valence-electron chi connectivity index (χ3n) is 0.302. The molecule has 0 aliphatic carbocycles. The molecule has 0 aliphatic heterocycles. The quantitative estimate of drug-likeness (QED) is 0.476. The van der Waals surface area contributed by atoms with Crippen LogP contribution in [-0.4, -0.2) is 33.7 Å². The number of carbonyl (C=O) groups excluding carboxylic acids is 1. The standard InChI is InChI=1S/C2H3O2.C2H3O.Al.2H/c1-2(3)4;1-2-3;;;/h1H2,(H,3,4);1H3;;;. The van der Waals surface area contributed by atoms with Crippen LogP contribution in [0.4, 0.5) is 0 Å². The van der Waals surface area contributed by atoms with Gasteiger partial charge < -0.3 is 5.11 Å². The number of hydrogen-bond acceptors (Lipinski definition) is 2. The van der Waals surface area contributed by atoms with Crippen molar-refractivity contribution in [3.05, 3.63) is 0 Å². The van der Waals surface area contributed by atoms with Crippen LogP contribution in [0.15, 0.2) is 0 Å². The van der Waals surface area contributed by atoms with Crippen molar-refractivity contribution in [3.63, 3.8) is 0 Å². The predicted octanol–water partition coefficient (Wildman–Crippen LogP) is -0.762. The Morgan fingerprint density at radius 3 is 2.00 bits per heavy atom. The number of hydrogen-bond donors (Lipinski definition) is 1. The summed E-state index contributed by atoms with van der Waals surface area (Å²) in [5.41, 5.74) is 0. The Kier molecular flexibility index (Phi) is 13.1. The molecule has 0 bridgehead atoms. The van der Waals surface area contributed by atoms with E-state index in [0.29, 0.717) is 5.28 Å². The maximum atomic E-state index is 9.40. The zero-order chi connectivity index (χ0) is 6.99. The number of rotatable bonds is 1. The number of carboxylic acids is 1. The normalized spacial score (nSPS) is 6.12. The minimum absolute atomic E-state index is 0.361. The van der Waals surface area contributed by atoms with Crippen LogP contribution in [0, 0.1) is 0 Å². The van der Waals surface area contributed by atoms with Crippen LogP contribution in [0.25, 0.3) is 0 Å². The van der Waals surface area contributed by atoms with Gasteiger partial charge in [-0.1, -0.05) is 0 Å². The first-order valence-corrected chi connectivity index (χ1v) is 3.61. The van der Waals surface area contributed by atoms with E-state index in [2.05, 4.69) is 0 Å². The number of aliphatic carboxylic acids is 1. The van der Waals surface area contributed by atoms with E-state index < -0.39 is 5.97 Å². The molecule has 4 heteroatoms. The SMILES string of the molecule is C[C]=O.O=C(O)[CH2][AlH2]. The van der Waals surface area contributed by atoms with Crippen LogP contribution in [0.2, 0.25) is 5.28 Å². The smallest absolute Gasteiger partial charge is 0.289 e. The van der Waals surface area contributed by atoms with E-state index in [1.165, 1.54) is 13.2 Å². The molecule has 0 spiro atoms. The third kappa shape index (κ3) is 44.3. The molecule has 0 rings (SSSR count). The topological polar surface area (TPSA) is 54.4 Å². The molecule has 0 saturated carbocycles. The first kappa shape index (κ1) is 10.6. The van der Waals surface area contributed by atoms with Gasteiger partial charge in [-0.2, -0.15) is 0 Å². The first-order chi connectivity index (χ1) is 3.68. The Balaban J connectivity index is 0. The molecule has 8 heavy (non-hydrogen) atoms. The zero-order valence-corrected chi connectivity index (χ0v) is 6.97.